The molecule has 0 aliphatic heterocycles. The van der Waals surface area contributed by atoms with Gasteiger partial charge >= 0.3 is 11.2 Å². The molecule has 1 N–H and O–H groups in total. The Morgan fingerprint density at radius 3 is 2.80 bits per heavy atom. The van der Waals surface area contributed by atoms with Gasteiger partial charge in [0, 0.05) is 18.5 Å². The summed E-state index contributed by atoms with van der Waals surface area (Å²) in [4.78, 5) is 27.2. The molecule has 25 heavy (non-hydrogen) atoms. The number of hydrogen-bond acceptors (Lipinski definition) is 7. The first kappa shape index (κ1) is 17.3. The fraction of sp³-hybridized carbons (Fsp3) is 0.467. The lowest BCUT2D eigenvalue weighted by Gasteiger charge is -2.28. The second-order valence-electron chi connectivity index (χ2n) is 6.26. The van der Waals surface area contributed by atoms with Crippen molar-refractivity contribution in [2.75, 3.05) is 11.6 Å². The van der Waals surface area contributed by atoms with Crippen molar-refractivity contribution in [1.82, 2.24) is 9.38 Å². The summed E-state index contributed by atoms with van der Waals surface area (Å²) in [6.45, 7) is 0. The maximum atomic E-state index is 12.4. The first-order valence-corrected chi connectivity index (χ1v) is 9.84. The molecular formula is C15H18N4O5S. The Balaban J connectivity index is 1.99. The Morgan fingerprint density at radius 2 is 2.12 bits per heavy atom. The van der Waals surface area contributed by atoms with Gasteiger partial charge in [-0.25, -0.2) is 13.4 Å². The average molecular weight is 366 g/mol. The maximum absolute atomic E-state index is 12.4. The van der Waals surface area contributed by atoms with Crippen LogP contribution in [-0.2, 0) is 9.84 Å². The highest BCUT2D eigenvalue weighted by atomic mass is 32.2. The van der Waals surface area contributed by atoms with Crippen molar-refractivity contribution >= 4 is 27.0 Å². The molecule has 0 bridgehead atoms. The van der Waals surface area contributed by atoms with Crippen LogP contribution < -0.4 is 10.9 Å². The monoisotopic (exact) mass is 366 g/mol. The predicted octanol–water partition coefficient (Wildman–Crippen LogP) is 1.37. The van der Waals surface area contributed by atoms with Gasteiger partial charge in [-0.3, -0.25) is 19.3 Å². The van der Waals surface area contributed by atoms with Crippen LogP contribution in [0.2, 0.25) is 0 Å². The van der Waals surface area contributed by atoms with E-state index in [0.717, 1.165) is 4.40 Å². The molecule has 0 spiro atoms. The minimum Gasteiger partial charge on any atom is -0.361 e. The highest BCUT2D eigenvalue weighted by Gasteiger charge is 2.31. The van der Waals surface area contributed by atoms with Crippen molar-refractivity contribution in [3.05, 3.63) is 44.9 Å². The molecule has 1 aliphatic carbocycles. The van der Waals surface area contributed by atoms with E-state index in [-0.39, 0.29) is 17.5 Å². The molecule has 134 valence electrons. The molecule has 9 nitrogen and oxygen atoms in total. The van der Waals surface area contributed by atoms with Gasteiger partial charge in [-0.05, 0) is 31.4 Å². The molecule has 1 aliphatic rings. The van der Waals surface area contributed by atoms with E-state index in [4.69, 9.17) is 0 Å². The van der Waals surface area contributed by atoms with E-state index in [1.807, 2.05) is 0 Å². The van der Waals surface area contributed by atoms with E-state index in [1.54, 1.807) is 18.2 Å². The SMILES string of the molecule is CS(=O)(=O)C1CCCC(Nc2nc3ccccn3c(=O)c2[N+](=O)[O-])C1. The Morgan fingerprint density at radius 1 is 1.36 bits per heavy atom. The number of nitrogens with one attached hydrogen (secondary N) is 1. The summed E-state index contributed by atoms with van der Waals surface area (Å²) in [5.41, 5.74) is -1.12. The predicted molar refractivity (Wildman–Crippen MR) is 92.6 cm³/mol. The standard InChI is InChI=1S/C15H18N4O5S/c1-25(23,24)11-6-4-5-10(9-11)16-14-13(19(21)22)15(20)18-8-3-2-7-12(18)17-14/h2-3,7-8,10-11,16H,4-6,9H2,1H3. The number of pyridine rings is 1. The van der Waals surface area contributed by atoms with Gasteiger partial charge in [0.25, 0.3) is 0 Å². The summed E-state index contributed by atoms with van der Waals surface area (Å²) < 4.78 is 24.7. The normalized spacial score (nSPS) is 21.2. The summed E-state index contributed by atoms with van der Waals surface area (Å²) in [6, 6.07) is 4.56. The van der Waals surface area contributed by atoms with E-state index >= 15 is 0 Å². The van der Waals surface area contributed by atoms with Crippen LogP contribution >= 0.6 is 0 Å². The molecule has 0 amide bonds. The van der Waals surface area contributed by atoms with Crippen LogP contribution in [0.25, 0.3) is 5.65 Å². The minimum atomic E-state index is -3.18. The van der Waals surface area contributed by atoms with Crippen molar-refractivity contribution in [3.63, 3.8) is 0 Å². The van der Waals surface area contributed by atoms with Gasteiger partial charge < -0.3 is 5.32 Å². The highest BCUT2D eigenvalue weighted by molar-refractivity contribution is 7.91. The van der Waals surface area contributed by atoms with Gasteiger partial charge in [-0.15, -0.1) is 0 Å². The van der Waals surface area contributed by atoms with Crippen molar-refractivity contribution in [1.29, 1.82) is 0 Å². The molecule has 1 fully saturated rings. The number of aromatic nitrogens is 2. The van der Waals surface area contributed by atoms with E-state index in [1.165, 1.54) is 12.5 Å². The zero-order valence-electron chi connectivity index (χ0n) is 13.6. The summed E-state index contributed by atoms with van der Waals surface area (Å²) in [6.07, 6.45) is 4.89. The van der Waals surface area contributed by atoms with Crippen LogP contribution in [0.1, 0.15) is 25.7 Å². The molecule has 0 saturated heterocycles. The molecule has 2 aromatic heterocycles. The summed E-state index contributed by atoms with van der Waals surface area (Å²) >= 11 is 0. The molecule has 10 heteroatoms. The van der Waals surface area contributed by atoms with Crippen molar-refractivity contribution < 1.29 is 13.3 Å². The molecule has 0 radical (unpaired) electrons. The molecule has 3 rings (SSSR count). The van der Waals surface area contributed by atoms with Crippen LogP contribution in [-0.4, -0.2) is 40.3 Å². The number of sulfone groups is 1. The molecule has 2 atom stereocenters. The molecule has 2 heterocycles. The van der Waals surface area contributed by atoms with Crippen LogP contribution in [0.15, 0.2) is 29.2 Å². The van der Waals surface area contributed by atoms with Gasteiger partial charge in [0.15, 0.2) is 0 Å². The third-order valence-corrected chi connectivity index (χ3v) is 6.10. The van der Waals surface area contributed by atoms with Crippen LogP contribution in [0.5, 0.6) is 0 Å². The lowest BCUT2D eigenvalue weighted by Crippen LogP contribution is -2.35. The third kappa shape index (κ3) is 3.48. The quantitative estimate of drug-likeness (QED) is 0.640. The number of nitrogens with zero attached hydrogens (tertiary/aromatic N) is 3. The van der Waals surface area contributed by atoms with Gasteiger partial charge in [-0.1, -0.05) is 12.5 Å². The fourth-order valence-corrected chi connectivity index (χ4v) is 4.38. The number of anilines is 1. The maximum Gasteiger partial charge on any atom is 0.376 e. The fourth-order valence-electron chi connectivity index (χ4n) is 3.20. The van der Waals surface area contributed by atoms with Crippen molar-refractivity contribution in [2.45, 2.75) is 37.0 Å². The van der Waals surface area contributed by atoms with Gasteiger partial charge in [0.2, 0.25) is 5.82 Å². The van der Waals surface area contributed by atoms with Crippen molar-refractivity contribution in [2.24, 2.45) is 0 Å². The Hall–Kier alpha value is -2.49. The first-order chi connectivity index (χ1) is 11.8. The zero-order valence-corrected chi connectivity index (χ0v) is 14.4. The smallest absolute Gasteiger partial charge is 0.361 e. The molecular weight excluding hydrogens is 348 g/mol. The summed E-state index contributed by atoms with van der Waals surface area (Å²) in [7, 11) is -3.18. The van der Waals surface area contributed by atoms with E-state index in [0.29, 0.717) is 25.7 Å². The molecule has 2 unspecified atom stereocenters. The second-order valence-corrected chi connectivity index (χ2v) is 8.59. The number of fused-ring (bicyclic) bond motifs is 1. The molecule has 1 saturated carbocycles. The van der Waals surface area contributed by atoms with Crippen LogP contribution in [0, 0.1) is 10.1 Å². The Bertz CT molecular complexity index is 985. The Labute approximate surface area is 143 Å². The van der Waals surface area contributed by atoms with Crippen LogP contribution in [0.3, 0.4) is 0 Å². The number of hydrogen-bond donors (Lipinski definition) is 1. The Kier molecular flexibility index (Phi) is 4.46. The average Bonchev–Trinajstić information content (AvgIpc) is 2.54. The summed E-state index contributed by atoms with van der Waals surface area (Å²) in [5, 5.41) is 13.8. The first-order valence-electron chi connectivity index (χ1n) is 7.88. The zero-order chi connectivity index (χ0) is 18.2. The van der Waals surface area contributed by atoms with Gasteiger partial charge in [0.1, 0.15) is 15.5 Å². The number of nitro groups is 1. The molecule has 0 aromatic carbocycles. The highest BCUT2D eigenvalue weighted by Crippen LogP contribution is 2.28. The molecule has 2 aromatic rings. The largest absolute Gasteiger partial charge is 0.376 e. The lowest BCUT2D eigenvalue weighted by molar-refractivity contribution is -0.385. The number of rotatable bonds is 4. The van der Waals surface area contributed by atoms with Crippen molar-refractivity contribution in [3.8, 4) is 0 Å². The van der Waals surface area contributed by atoms with E-state index < -0.39 is 31.3 Å². The van der Waals surface area contributed by atoms with Gasteiger partial charge in [-0.2, -0.15) is 0 Å². The van der Waals surface area contributed by atoms with Gasteiger partial charge in [0.05, 0.1) is 10.2 Å². The second kappa shape index (κ2) is 6.43. The van der Waals surface area contributed by atoms with E-state index in [9.17, 15) is 23.3 Å². The van der Waals surface area contributed by atoms with E-state index in [2.05, 4.69) is 10.3 Å². The summed E-state index contributed by atoms with van der Waals surface area (Å²) in [5.74, 6) is -0.111. The topological polar surface area (TPSA) is 124 Å². The third-order valence-electron chi connectivity index (χ3n) is 4.47. The minimum absolute atomic E-state index is 0.111. The van der Waals surface area contributed by atoms with Crippen LogP contribution in [0.4, 0.5) is 11.5 Å². The lowest BCUT2D eigenvalue weighted by atomic mass is 9.95.